The third-order valence-corrected chi connectivity index (χ3v) is 10.1. The zero-order chi connectivity index (χ0) is 28.8. The first kappa shape index (κ1) is 27.2. The molecule has 7 nitrogen and oxygen atoms in total. The third kappa shape index (κ3) is 3.74. The zero-order valence-electron chi connectivity index (χ0n) is 24.6. The fourth-order valence-electron chi connectivity index (χ4n) is 8.25. The van der Waals surface area contributed by atoms with E-state index in [-0.39, 0.29) is 21.1 Å². The number of anilines is 2. The van der Waals surface area contributed by atoms with E-state index in [4.69, 9.17) is 14.7 Å². The molecule has 2 aromatic carbocycles. The number of rotatable bonds is 0. The average Bonchev–Trinajstić information content (AvgIpc) is 3.74. The maximum atomic E-state index is 6.41. The monoisotopic (exact) mass is 769 g/mol. The van der Waals surface area contributed by atoms with Gasteiger partial charge in [0.05, 0.1) is 0 Å². The number of benzene rings is 2. The maximum Gasteiger partial charge on any atom is 4.00 e. The fourth-order valence-corrected chi connectivity index (χ4v) is 8.25. The van der Waals surface area contributed by atoms with E-state index in [0.29, 0.717) is 11.5 Å². The molecule has 45 heavy (non-hydrogen) atoms. The summed E-state index contributed by atoms with van der Waals surface area (Å²) in [5, 5.41) is 0. The van der Waals surface area contributed by atoms with Crippen molar-refractivity contribution in [1.29, 1.82) is 0 Å². The van der Waals surface area contributed by atoms with E-state index in [9.17, 15) is 0 Å². The van der Waals surface area contributed by atoms with Gasteiger partial charge in [-0.15, -0.1) is 61.1 Å². The summed E-state index contributed by atoms with van der Waals surface area (Å²) in [6.45, 7) is 4.64. The van der Waals surface area contributed by atoms with E-state index in [1.165, 1.54) is 45.0 Å². The van der Waals surface area contributed by atoms with Gasteiger partial charge in [0.25, 0.3) is 0 Å². The fraction of sp³-hybridized carbons (Fsp3) is 0.243. The van der Waals surface area contributed by atoms with Crippen molar-refractivity contribution in [2.24, 2.45) is 0 Å². The first-order valence-electron chi connectivity index (χ1n) is 15.7. The molecule has 10 rings (SSSR count). The van der Waals surface area contributed by atoms with Crippen LogP contribution in [0.5, 0.6) is 11.5 Å². The number of ether oxygens (including phenoxy) is 1. The molecule has 224 valence electrons. The van der Waals surface area contributed by atoms with Gasteiger partial charge in [-0.05, 0) is 74.6 Å². The first-order valence-corrected chi connectivity index (χ1v) is 15.7. The van der Waals surface area contributed by atoms with E-state index in [1.807, 2.05) is 24.5 Å². The van der Waals surface area contributed by atoms with E-state index < -0.39 is 5.66 Å². The van der Waals surface area contributed by atoms with Crippen LogP contribution in [-0.4, -0.2) is 19.8 Å². The first-order chi connectivity index (χ1) is 21.8. The molecule has 8 bridgehead atoms. The SMILES string of the molecule is [Pt+4].[c-]1c2cccc1N1[CH-]N(C3=C1CCCC3)C1(c3cnccc3-c3ccncc31)N1[CH-]N(C3=C1CCCC3)c1[c-]c(ccc1)O2. The van der Waals surface area contributed by atoms with Crippen molar-refractivity contribution >= 4 is 11.4 Å². The summed E-state index contributed by atoms with van der Waals surface area (Å²) in [6, 6.07) is 23.9. The van der Waals surface area contributed by atoms with E-state index >= 15 is 0 Å². The Morgan fingerprint density at radius 1 is 0.622 bits per heavy atom. The molecule has 0 saturated carbocycles. The Bertz CT molecular complexity index is 1780. The molecule has 5 heterocycles. The molecule has 6 aliphatic rings. The molecule has 0 unspecified atom stereocenters. The second-order valence-electron chi connectivity index (χ2n) is 12.3. The summed E-state index contributed by atoms with van der Waals surface area (Å²) in [4.78, 5) is 19.4. The van der Waals surface area contributed by atoms with Crippen LogP contribution in [0, 0.1) is 25.5 Å². The Kier molecular flexibility index (Phi) is 6.18. The Morgan fingerprint density at radius 2 is 1.09 bits per heavy atom. The van der Waals surface area contributed by atoms with Crippen molar-refractivity contribution in [3.05, 3.63) is 133 Å². The maximum absolute atomic E-state index is 6.41. The quantitative estimate of drug-likeness (QED) is 0.169. The molecule has 0 fully saturated rings. The Balaban J connectivity index is 0.00000281. The van der Waals surface area contributed by atoms with Crippen LogP contribution < -0.4 is 14.5 Å². The van der Waals surface area contributed by atoms with Gasteiger partial charge in [0.2, 0.25) is 0 Å². The minimum atomic E-state index is -0.706. The van der Waals surface area contributed by atoms with Crippen LogP contribution in [0.2, 0.25) is 0 Å². The van der Waals surface area contributed by atoms with E-state index in [0.717, 1.165) is 62.7 Å². The minimum absolute atomic E-state index is 0. The van der Waals surface area contributed by atoms with Gasteiger partial charge in [0.15, 0.2) is 0 Å². The van der Waals surface area contributed by atoms with Gasteiger partial charge in [-0.1, -0.05) is 0 Å². The van der Waals surface area contributed by atoms with Crippen molar-refractivity contribution in [2.45, 2.75) is 57.0 Å². The Labute approximate surface area is 278 Å². The third-order valence-electron chi connectivity index (χ3n) is 10.1. The summed E-state index contributed by atoms with van der Waals surface area (Å²) in [5.41, 5.74) is 11.4. The Morgan fingerprint density at radius 3 is 1.58 bits per heavy atom. The van der Waals surface area contributed by atoms with Crippen LogP contribution in [0.3, 0.4) is 0 Å². The van der Waals surface area contributed by atoms with Crippen molar-refractivity contribution in [1.82, 2.24) is 19.8 Å². The van der Waals surface area contributed by atoms with Crippen molar-refractivity contribution in [3.63, 3.8) is 0 Å². The van der Waals surface area contributed by atoms with E-state index in [2.05, 4.69) is 93.9 Å². The minimum Gasteiger partial charge on any atom is -0.509 e. The zero-order valence-corrected chi connectivity index (χ0v) is 26.9. The van der Waals surface area contributed by atoms with Crippen LogP contribution in [0.1, 0.15) is 62.5 Å². The number of hydrogen-bond acceptors (Lipinski definition) is 7. The Hall–Kier alpha value is -4.09. The molecule has 2 aromatic heterocycles. The van der Waals surface area contributed by atoms with E-state index in [1.54, 1.807) is 0 Å². The molecule has 4 aromatic rings. The smallest absolute Gasteiger partial charge is 0.509 e. The average molecular weight is 770 g/mol. The van der Waals surface area contributed by atoms with Gasteiger partial charge < -0.3 is 24.3 Å². The summed E-state index contributed by atoms with van der Waals surface area (Å²) < 4.78 is 6.41. The second-order valence-corrected chi connectivity index (χ2v) is 12.3. The molecule has 8 heteroatoms. The van der Waals surface area contributed by atoms with Crippen LogP contribution in [0.15, 0.2) is 96.1 Å². The summed E-state index contributed by atoms with van der Waals surface area (Å²) >= 11 is 0. The topological polar surface area (TPSA) is 48.0 Å². The van der Waals surface area contributed by atoms with Gasteiger partial charge in [-0.2, -0.15) is 12.1 Å². The summed E-state index contributed by atoms with van der Waals surface area (Å²) in [6.07, 6.45) is 16.7. The van der Waals surface area contributed by atoms with Crippen molar-refractivity contribution in [3.8, 4) is 22.6 Å². The molecule has 0 radical (unpaired) electrons. The van der Waals surface area contributed by atoms with Crippen LogP contribution >= 0.6 is 0 Å². The van der Waals surface area contributed by atoms with Crippen LogP contribution in [0.4, 0.5) is 11.4 Å². The van der Waals surface area contributed by atoms with Gasteiger partial charge in [0, 0.05) is 70.2 Å². The van der Waals surface area contributed by atoms with Gasteiger partial charge in [-0.25, -0.2) is 0 Å². The molecule has 1 spiro atoms. The molecule has 0 saturated heterocycles. The number of pyridine rings is 2. The van der Waals surface area contributed by atoms with Crippen LogP contribution in [0.25, 0.3) is 11.1 Å². The summed E-state index contributed by atoms with van der Waals surface area (Å²) in [7, 11) is 0. The molecular weight excluding hydrogens is 740 g/mol. The normalized spacial score (nSPS) is 20.3. The number of aromatic nitrogens is 2. The van der Waals surface area contributed by atoms with Gasteiger partial charge in [-0.3, -0.25) is 9.97 Å². The standard InChI is InChI=1S/C37H30N6O.Pt/c1-3-13-35-33(11-1)40-23-42(35)37(31-21-38-17-15-29(31)30-16-18-39-22-32(30)37)43-24-41(34-12-2-4-14-36(34)43)26-8-6-10-28(20-26)44-27-9-5-7-25(40)19-27;/h5-10,15-18,21-24H,1-4,11-14H2;/q-4;+4. The molecule has 3 aliphatic carbocycles. The number of hydrogen-bond donors (Lipinski definition) is 0. The molecule has 0 amide bonds. The van der Waals surface area contributed by atoms with Crippen LogP contribution in [-0.2, 0) is 26.7 Å². The molecule has 0 atom stereocenters. The predicted octanol–water partition coefficient (Wildman–Crippen LogP) is 7.82. The number of nitrogens with zero attached hydrogens (tertiary/aromatic N) is 6. The molecule has 3 aliphatic heterocycles. The largest absolute Gasteiger partial charge is 4.00 e. The van der Waals surface area contributed by atoms with Crippen molar-refractivity contribution < 1.29 is 25.8 Å². The predicted molar refractivity (Wildman–Crippen MR) is 167 cm³/mol. The molecular formula is C37H30N6OPt. The summed E-state index contributed by atoms with van der Waals surface area (Å²) in [5.74, 6) is 1.36. The van der Waals surface area contributed by atoms with Gasteiger partial charge >= 0.3 is 21.1 Å². The van der Waals surface area contributed by atoms with Gasteiger partial charge in [0.1, 0.15) is 5.66 Å². The number of allylic oxidation sites excluding steroid dienone is 4. The number of fused-ring (bicyclic) bond motifs is 21. The second kappa shape index (κ2) is 10.2. The van der Waals surface area contributed by atoms with Crippen molar-refractivity contribution in [2.75, 3.05) is 9.80 Å². The molecule has 0 N–H and O–H groups in total.